The van der Waals surface area contributed by atoms with E-state index in [1.54, 1.807) is 56.5 Å². The van der Waals surface area contributed by atoms with Crippen LogP contribution in [0.4, 0.5) is 0 Å². The van der Waals surface area contributed by atoms with E-state index in [0.29, 0.717) is 22.3 Å². The van der Waals surface area contributed by atoms with Crippen molar-refractivity contribution < 1.29 is 14.4 Å². The van der Waals surface area contributed by atoms with E-state index in [-0.39, 0.29) is 0 Å². The molecule has 0 N–H and O–H groups in total. The van der Waals surface area contributed by atoms with E-state index in [4.69, 9.17) is 0 Å². The standard InChI is InChI=1S/C22H18N2O3/c1-13(2)11-19(25)24-22(18-10-6-7-14(3)17(18)12-23-24)20(26)15-8-4-5-9-16(15)21(22)27/h4-12H,1-3H3. The molecule has 4 rings (SSSR count). The molecular formula is C22H18N2O3. The van der Waals surface area contributed by atoms with Gasteiger partial charge in [0.25, 0.3) is 5.91 Å². The third-order valence-electron chi connectivity index (χ3n) is 5.03. The van der Waals surface area contributed by atoms with Crippen molar-refractivity contribution >= 4 is 23.7 Å². The fraction of sp³-hybridized carbons (Fsp3) is 0.182. The first-order valence-electron chi connectivity index (χ1n) is 8.71. The van der Waals surface area contributed by atoms with Crippen LogP contribution in [0.3, 0.4) is 0 Å². The average molecular weight is 358 g/mol. The fourth-order valence-corrected chi connectivity index (χ4v) is 3.82. The molecule has 0 saturated carbocycles. The number of carbonyl (C=O) groups excluding carboxylic acids is 3. The number of fused-ring (bicyclic) bond motifs is 3. The Morgan fingerprint density at radius 3 is 2.22 bits per heavy atom. The molecule has 134 valence electrons. The van der Waals surface area contributed by atoms with Gasteiger partial charge in [0.05, 0.1) is 6.21 Å². The van der Waals surface area contributed by atoms with Gasteiger partial charge in [0.2, 0.25) is 17.1 Å². The molecule has 1 heterocycles. The summed E-state index contributed by atoms with van der Waals surface area (Å²) in [5, 5.41) is 5.32. The molecule has 1 amide bonds. The minimum absolute atomic E-state index is 0.321. The van der Waals surface area contributed by atoms with Crippen molar-refractivity contribution in [1.82, 2.24) is 5.01 Å². The zero-order chi connectivity index (χ0) is 19.3. The predicted molar refractivity (Wildman–Crippen MR) is 102 cm³/mol. The SMILES string of the molecule is CC(C)=CC(=O)N1N=Cc2c(C)cccc2C12C(=O)c1ccccc1C2=O. The Bertz CT molecular complexity index is 1040. The Kier molecular flexibility index (Phi) is 3.70. The molecule has 1 spiro atoms. The van der Waals surface area contributed by atoms with Gasteiger partial charge in [-0.1, -0.05) is 48.0 Å². The topological polar surface area (TPSA) is 66.8 Å². The number of nitrogens with zero attached hydrogens (tertiary/aromatic N) is 2. The number of allylic oxidation sites excluding steroid dienone is 1. The Morgan fingerprint density at radius 2 is 1.63 bits per heavy atom. The zero-order valence-electron chi connectivity index (χ0n) is 15.3. The first-order chi connectivity index (χ1) is 12.9. The number of hydrazone groups is 1. The Balaban J connectivity index is 2.05. The summed E-state index contributed by atoms with van der Waals surface area (Å²) in [7, 11) is 0. The lowest BCUT2D eigenvalue weighted by Gasteiger charge is -2.38. The smallest absolute Gasteiger partial charge is 0.268 e. The van der Waals surface area contributed by atoms with Gasteiger partial charge in [-0.25, -0.2) is 5.01 Å². The summed E-state index contributed by atoms with van der Waals surface area (Å²) in [5.74, 6) is -1.32. The van der Waals surface area contributed by atoms with Crippen molar-refractivity contribution in [3.05, 3.63) is 81.9 Å². The fourth-order valence-electron chi connectivity index (χ4n) is 3.82. The molecule has 5 nitrogen and oxygen atoms in total. The van der Waals surface area contributed by atoms with E-state index in [0.717, 1.165) is 16.1 Å². The summed E-state index contributed by atoms with van der Waals surface area (Å²) in [6, 6.07) is 12.1. The van der Waals surface area contributed by atoms with Crippen LogP contribution in [-0.2, 0) is 10.3 Å². The minimum Gasteiger partial charge on any atom is -0.290 e. The van der Waals surface area contributed by atoms with Crippen molar-refractivity contribution in [3.8, 4) is 0 Å². The molecule has 0 fully saturated rings. The van der Waals surface area contributed by atoms with E-state index in [2.05, 4.69) is 5.10 Å². The first kappa shape index (κ1) is 17.1. The summed E-state index contributed by atoms with van der Waals surface area (Å²) < 4.78 is 0. The van der Waals surface area contributed by atoms with Gasteiger partial charge in [0.1, 0.15) is 0 Å². The third-order valence-corrected chi connectivity index (χ3v) is 5.03. The average Bonchev–Trinajstić information content (AvgIpc) is 2.85. The van der Waals surface area contributed by atoms with Gasteiger partial charge >= 0.3 is 0 Å². The van der Waals surface area contributed by atoms with Gasteiger partial charge in [-0.2, -0.15) is 5.10 Å². The molecule has 0 bridgehead atoms. The van der Waals surface area contributed by atoms with E-state index in [1.165, 1.54) is 6.08 Å². The highest BCUT2D eigenvalue weighted by Gasteiger charge is 2.61. The van der Waals surface area contributed by atoms with Crippen LogP contribution in [0.15, 0.2) is 59.2 Å². The minimum atomic E-state index is -1.79. The number of rotatable bonds is 1. The molecule has 0 radical (unpaired) electrons. The third kappa shape index (κ3) is 2.18. The molecule has 27 heavy (non-hydrogen) atoms. The number of carbonyl (C=O) groups is 3. The van der Waals surface area contributed by atoms with Crippen molar-refractivity contribution in [3.63, 3.8) is 0 Å². The number of hydrogen-bond donors (Lipinski definition) is 0. The highest BCUT2D eigenvalue weighted by molar-refractivity contribution is 6.34. The van der Waals surface area contributed by atoms with Gasteiger partial charge in [-0.05, 0) is 26.3 Å². The molecule has 0 saturated heterocycles. The van der Waals surface area contributed by atoms with E-state index in [1.807, 2.05) is 13.0 Å². The van der Waals surface area contributed by atoms with Crippen LogP contribution < -0.4 is 0 Å². The van der Waals surface area contributed by atoms with Gasteiger partial charge in [0.15, 0.2) is 0 Å². The van der Waals surface area contributed by atoms with Gasteiger partial charge in [-0.15, -0.1) is 0 Å². The van der Waals surface area contributed by atoms with Crippen molar-refractivity contribution in [1.29, 1.82) is 0 Å². The second kappa shape index (κ2) is 5.84. The predicted octanol–water partition coefficient (Wildman–Crippen LogP) is 3.41. The highest BCUT2D eigenvalue weighted by Crippen LogP contribution is 2.45. The largest absolute Gasteiger partial charge is 0.290 e. The summed E-state index contributed by atoms with van der Waals surface area (Å²) in [5.41, 5.74) is 1.71. The molecule has 2 aliphatic rings. The Hall–Kier alpha value is -3.34. The van der Waals surface area contributed by atoms with Crippen molar-refractivity contribution in [2.24, 2.45) is 5.10 Å². The first-order valence-corrected chi connectivity index (χ1v) is 8.71. The van der Waals surface area contributed by atoms with E-state index in [9.17, 15) is 14.4 Å². The van der Waals surface area contributed by atoms with Crippen LogP contribution in [0.5, 0.6) is 0 Å². The van der Waals surface area contributed by atoms with Crippen LogP contribution in [0.1, 0.15) is 51.3 Å². The summed E-state index contributed by atoms with van der Waals surface area (Å²) in [6.45, 7) is 5.45. The second-order valence-corrected chi connectivity index (χ2v) is 7.07. The molecule has 5 heteroatoms. The molecule has 0 aromatic heterocycles. The number of hydrogen-bond acceptors (Lipinski definition) is 4. The quantitative estimate of drug-likeness (QED) is 0.579. The van der Waals surface area contributed by atoms with Crippen LogP contribution in [0.25, 0.3) is 0 Å². The summed E-state index contributed by atoms with van der Waals surface area (Å²) in [4.78, 5) is 40.0. The van der Waals surface area contributed by atoms with Gasteiger partial charge in [0, 0.05) is 28.3 Å². The van der Waals surface area contributed by atoms with Crippen molar-refractivity contribution in [2.45, 2.75) is 26.3 Å². The molecule has 0 unspecified atom stereocenters. The monoisotopic (exact) mass is 358 g/mol. The molecule has 2 aromatic rings. The molecular weight excluding hydrogens is 340 g/mol. The van der Waals surface area contributed by atoms with Crippen molar-refractivity contribution in [2.75, 3.05) is 0 Å². The van der Waals surface area contributed by atoms with E-state index >= 15 is 0 Å². The molecule has 1 aliphatic carbocycles. The maximum atomic E-state index is 13.5. The lowest BCUT2D eigenvalue weighted by atomic mass is 9.79. The Labute approximate surface area is 157 Å². The number of aryl methyl sites for hydroxylation is 1. The van der Waals surface area contributed by atoms with Gasteiger partial charge < -0.3 is 0 Å². The zero-order valence-corrected chi connectivity index (χ0v) is 15.3. The van der Waals surface area contributed by atoms with Gasteiger partial charge in [-0.3, -0.25) is 14.4 Å². The van der Waals surface area contributed by atoms with Crippen LogP contribution in [0, 0.1) is 6.92 Å². The van der Waals surface area contributed by atoms with E-state index < -0.39 is 23.0 Å². The second-order valence-electron chi connectivity index (χ2n) is 7.07. The lowest BCUT2D eigenvalue weighted by molar-refractivity contribution is -0.130. The number of benzene rings is 2. The number of Topliss-reactive ketones (excluding diaryl/α,β-unsaturated/α-hetero) is 2. The van der Waals surface area contributed by atoms with Crippen LogP contribution in [-0.4, -0.2) is 28.7 Å². The molecule has 2 aromatic carbocycles. The maximum Gasteiger partial charge on any atom is 0.268 e. The molecule has 0 atom stereocenters. The van der Waals surface area contributed by atoms with Crippen LogP contribution in [0.2, 0.25) is 0 Å². The maximum absolute atomic E-state index is 13.5. The normalized spacial score (nSPS) is 16.3. The number of ketones is 2. The highest BCUT2D eigenvalue weighted by atomic mass is 16.2. The number of amides is 1. The summed E-state index contributed by atoms with van der Waals surface area (Å²) >= 11 is 0. The van der Waals surface area contributed by atoms with Crippen LogP contribution >= 0.6 is 0 Å². The lowest BCUT2D eigenvalue weighted by Crippen LogP contribution is -2.56. The molecule has 1 aliphatic heterocycles. The Morgan fingerprint density at radius 1 is 1.00 bits per heavy atom. The summed E-state index contributed by atoms with van der Waals surface area (Å²) in [6.07, 6.45) is 2.94.